The first-order valence-corrected chi connectivity index (χ1v) is 4.01. The minimum absolute atomic E-state index is 0.0244. The van der Waals surface area contributed by atoms with E-state index in [1.165, 1.54) is 0 Å². The Kier molecular flexibility index (Phi) is 3.27. The van der Waals surface area contributed by atoms with Gasteiger partial charge in [-0.05, 0) is 12.5 Å². The van der Waals surface area contributed by atoms with Gasteiger partial charge in [0.2, 0.25) is 0 Å². The summed E-state index contributed by atoms with van der Waals surface area (Å²) in [6.07, 6.45) is 13.4. The van der Waals surface area contributed by atoms with Gasteiger partial charge in [-0.2, -0.15) is 0 Å². The lowest BCUT2D eigenvalue weighted by Gasteiger charge is -2.05. The maximum atomic E-state index is 11.3. The molecule has 1 unspecified atom stereocenters. The monoisotopic (exact) mass is 160 g/mol. The molecule has 0 fully saturated rings. The van der Waals surface area contributed by atoms with Crippen LogP contribution in [0.1, 0.15) is 6.42 Å². The molecule has 0 radical (unpaired) electrons. The third kappa shape index (κ3) is 2.35. The van der Waals surface area contributed by atoms with Gasteiger partial charge in [0.15, 0.2) is 5.78 Å². The predicted molar refractivity (Wildman–Crippen MR) is 50.7 cm³/mol. The fourth-order valence-electron chi connectivity index (χ4n) is 1.07. The van der Waals surface area contributed by atoms with E-state index in [0.29, 0.717) is 6.42 Å². The summed E-state index contributed by atoms with van der Waals surface area (Å²) in [5.41, 5.74) is 0. The van der Waals surface area contributed by atoms with Crippen LogP contribution in [0.25, 0.3) is 0 Å². The quantitative estimate of drug-likeness (QED) is 0.567. The number of carbonyl (C=O) groups is 1. The Bertz CT molecular complexity index is 256. The molecule has 0 spiro atoms. The van der Waals surface area contributed by atoms with E-state index in [9.17, 15) is 4.79 Å². The maximum Gasteiger partial charge on any atom is 0.162 e. The zero-order valence-electron chi connectivity index (χ0n) is 6.94. The van der Waals surface area contributed by atoms with Crippen molar-refractivity contribution >= 4 is 5.78 Å². The fourth-order valence-corrected chi connectivity index (χ4v) is 1.07. The number of hydrogen-bond acceptors (Lipinski definition) is 1. The first-order chi connectivity index (χ1) is 5.84. The summed E-state index contributed by atoms with van der Waals surface area (Å²) in [5, 5.41) is 0. The topological polar surface area (TPSA) is 17.1 Å². The largest absolute Gasteiger partial charge is 0.294 e. The number of carbonyl (C=O) groups excluding carboxylic acids is 1. The van der Waals surface area contributed by atoms with Crippen LogP contribution >= 0.6 is 0 Å². The zero-order valence-corrected chi connectivity index (χ0v) is 6.94. The Morgan fingerprint density at radius 2 is 2.08 bits per heavy atom. The molecule has 1 nitrogen and oxygen atoms in total. The second-order valence-electron chi connectivity index (χ2n) is 2.66. The first-order valence-electron chi connectivity index (χ1n) is 4.01. The Morgan fingerprint density at radius 3 is 2.83 bits per heavy atom. The molecule has 0 saturated carbocycles. The molecule has 0 amide bonds. The molecule has 1 rings (SSSR count). The van der Waals surface area contributed by atoms with Crippen LogP contribution in [0.3, 0.4) is 0 Å². The van der Waals surface area contributed by atoms with Gasteiger partial charge in [0, 0.05) is 5.92 Å². The summed E-state index contributed by atoms with van der Waals surface area (Å²) in [4.78, 5) is 11.3. The van der Waals surface area contributed by atoms with Gasteiger partial charge in [-0.15, -0.1) is 6.58 Å². The average Bonchev–Trinajstić information content (AvgIpc) is 2.05. The maximum absolute atomic E-state index is 11.3. The molecule has 0 aromatic rings. The van der Waals surface area contributed by atoms with Gasteiger partial charge >= 0.3 is 0 Å². The molecule has 62 valence electrons. The summed E-state index contributed by atoms with van der Waals surface area (Å²) in [7, 11) is 0. The van der Waals surface area contributed by atoms with Gasteiger partial charge in [-0.1, -0.05) is 36.5 Å². The highest BCUT2D eigenvalue weighted by atomic mass is 16.1. The van der Waals surface area contributed by atoms with E-state index in [4.69, 9.17) is 0 Å². The highest BCUT2D eigenvalue weighted by molar-refractivity contribution is 5.93. The van der Waals surface area contributed by atoms with Crippen molar-refractivity contribution in [1.29, 1.82) is 0 Å². The van der Waals surface area contributed by atoms with Gasteiger partial charge in [0.25, 0.3) is 0 Å². The van der Waals surface area contributed by atoms with E-state index in [-0.39, 0.29) is 11.7 Å². The fraction of sp³-hybridized carbons (Fsp3) is 0.182. The molecule has 1 aliphatic rings. The molecule has 0 bridgehead atoms. The van der Waals surface area contributed by atoms with Gasteiger partial charge < -0.3 is 0 Å². The minimum Gasteiger partial charge on any atom is -0.294 e. The van der Waals surface area contributed by atoms with Crippen LogP contribution in [0.15, 0.2) is 49.1 Å². The van der Waals surface area contributed by atoms with Crippen molar-refractivity contribution in [1.82, 2.24) is 0 Å². The van der Waals surface area contributed by atoms with Crippen LogP contribution in [-0.4, -0.2) is 5.78 Å². The molecule has 0 N–H and O–H groups in total. The van der Waals surface area contributed by atoms with Gasteiger partial charge in [0.05, 0.1) is 0 Å². The number of ketones is 1. The summed E-state index contributed by atoms with van der Waals surface area (Å²) < 4.78 is 0. The molecular weight excluding hydrogens is 148 g/mol. The molecule has 12 heavy (non-hydrogen) atoms. The molecule has 0 heterocycles. The average molecular weight is 160 g/mol. The molecule has 0 aromatic carbocycles. The van der Waals surface area contributed by atoms with E-state index < -0.39 is 0 Å². The van der Waals surface area contributed by atoms with E-state index in [2.05, 4.69) is 6.58 Å². The normalized spacial score (nSPS) is 30.0. The SMILES string of the molecule is C=CCC1\C=C/C=C\C=C/C1=O. The third-order valence-corrected chi connectivity index (χ3v) is 1.72. The lowest BCUT2D eigenvalue weighted by Crippen LogP contribution is -2.08. The van der Waals surface area contributed by atoms with Crippen LogP contribution in [0.2, 0.25) is 0 Å². The van der Waals surface area contributed by atoms with Gasteiger partial charge in [-0.3, -0.25) is 4.79 Å². The van der Waals surface area contributed by atoms with Crippen LogP contribution in [-0.2, 0) is 4.79 Å². The van der Waals surface area contributed by atoms with Crippen LogP contribution in [0, 0.1) is 5.92 Å². The van der Waals surface area contributed by atoms with Crippen molar-refractivity contribution in [3.8, 4) is 0 Å². The molecule has 0 aliphatic heterocycles. The second kappa shape index (κ2) is 4.50. The molecular formula is C11H12O. The predicted octanol–water partition coefficient (Wildman–Crippen LogP) is 2.43. The van der Waals surface area contributed by atoms with E-state index >= 15 is 0 Å². The Balaban J connectivity index is 2.76. The van der Waals surface area contributed by atoms with Crippen LogP contribution in [0.5, 0.6) is 0 Å². The summed E-state index contributed by atoms with van der Waals surface area (Å²) in [5.74, 6) is 0.124. The van der Waals surface area contributed by atoms with E-state index in [0.717, 1.165) is 0 Å². The molecule has 1 atom stereocenters. The molecule has 0 aromatic heterocycles. The third-order valence-electron chi connectivity index (χ3n) is 1.72. The minimum atomic E-state index is -0.0244. The Labute approximate surface area is 72.8 Å². The summed E-state index contributed by atoms with van der Waals surface area (Å²) in [6, 6.07) is 0. The first kappa shape index (κ1) is 8.72. The smallest absolute Gasteiger partial charge is 0.162 e. The number of allylic oxidation sites excluding steroid dienone is 7. The number of hydrogen-bond donors (Lipinski definition) is 0. The molecule has 1 aliphatic carbocycles. The zero-order chi connectivity index (χ0) is 8.81. The Morgan fingerprint density at radius 1 is 1.33 bits per heavy atom. The molecule has 1 heteroatoms. The molecule has 0 saturated heterocycles. The second-order valence-corrected chi connectivity index (χ2v) is 2.66. The van der Waals surface area contributed by atoms with Crippen molar-refractivity contribution in [2.45, 2.75) is 6.42 Å². The van der Waals surface area contributed by atoms with E-state index in [1.807, 2.05) is 24.3 Å². The highest BCUT2D eigenvalue weighted by Crippen LogP contribution is 2.10. The van der Waals surface area contributed by atoms with Crippen molar-refractivity contribution in [2.75, 3.05) is 0 Å². The van der Waals surface area contributed by atoms with Crippen molar-refractivity contribution in [2.24, 2.45) is 5.92 Å². The number of rotatable bonds is 2. The van der Waals surface area contributed by atoms with Crippen molar-refractivity contribution in [3.63, 3.8) is 0 Å². The standard InChI is InChI=1S/C11H12O/c1-2-7-10-8-5-3-4-6-9-11(10)12/h2-6,8-10H,1,7H2/b4-3-,8-5-,9-6-. The Hall–Kier alpha value is -1.37. The van der Waals surface area contributed by atoms with E-state index in [1.54, 1.807) is 18.2 Å². The lowest BCUT2D eigenvalue weighted by atomic mass is 9.98. The van der Waals surface area contributed by atoms with Crippen molar-refractivity contribution < 1.29 is 4.79 Å². The van der Waals surface area contributed by atoms with Crippen molar-refractivity contribution in [3.05, 3.63) is 49.1 Å². The summed E-state index contributed by atoms with van der Waals surface area (Å²) >= 11 is 0. The van der Waals surface area contributed by atoms with Crippen LogP contribution in [0.4, 0.5) is 0 Å². The summed E-state index contributed by atoms with van der Waals surface area (Å²) in [6.45, 7) is 3.62. The highest BCUT2D eigenvalue weighted by Gasteiger charge is 2.09. The lowest BCUT2D eigenvalue weighted by molar-refractivity contribution is -0.116. The van der Waals surface area contributed by atoms with Crippen LogP contribution < -0.4 is 0 Å². The van der Waals surface area contributed by atoms with Gasteiger partial charge in [0.1, 0.15) is 0 Å². The van der Waals surface area contributed by atoms with Gasteiger partial charge in [-0.25, -0.2) is 0 Å².